The molecule has 3 heteroatoms. The molecule has 22 heavy (non-hydrogen) atoms. The number of hydrogen-bond donors (Lipinski definition) is 0. The summed E-state index contributed by atoms with van der Waals surface area (Å²) in [7, 11) is 0. The molecule has 1 unspecified atom stereocenters. The lowest BCUT2D eigenvalue weighted by Gasteiger charge is -2.29. The van der Waals surface area contributed by atoms with Crippen molar-refractivity contribution in [3.05, 3.63) is 60.2 Å². The predicted octanol–water partition coefficient (Wildman–Crippen LogP) is 3.96. The Morgan fingerprint density at radius 3 is 2.64 bits per heavy atom. The van der Waals surface area contributed by atoms with E-state index in [1.807, 2.05) is 44.2 Å². The van der Waals surface area contributed by atoms with Crippen LogP contribution in [0.25, 0.3) is 0 Å². The van der Waals surface area contributed by atoms with Crippen molar-refractivity contribution in [2.45, 2.75) is 39.8 Å². The predicted molar refractivity (Wildman–Crippen MR) is 91.5 cm³/mol. The van der Waals surface area contributed by atoms with E-state index in [0.717, 1.165) is 12.1 Å². The van der Waals surface area contributed by atoms with Crippen molar-refractivity contribution in [1.82, 2.24) is 4.90 Å². The molecule has 0 saturated heterocycles. The van der Waals surface area contributed by atoms with Gasteiger partial charge in [-0.2, -0.15) is 0 Å². The molecule has 0 aliphatic heterocycles. The van der Waals surface area contributed by atoms with Crippen LogP contribution < -0.4 is 0 Å². The fourth-order valence-corrected chi connectivity index (χ4v) is 2.28. The van der Waals surface area contributed by atoms with Crippen molar-refractivity contribution >= 4 is 5.97 Å². The first kappa shape index (κ1) is 18.2. The number of esters is 1. The number of nitrogens with zero attached hydrogens (tertiary/aromatic N) is 1. The molecule has 1 rings (SSSR count). The van der Waals surface area contributed by atoms with E-state index in [4.69, 9.17) is 4.74 Å². The highest BCUT2D eigenvalue weighted by Gasteiger charge is 2.17. The van der Waals surface area contributed by atoms with E-state index >= 15 is 0 Å². The Hall–Kier alpha value is -1.87. The number of ether oxygens (including phenoxy) is 1. The maximum absolute atomic E-state index is 11.6. The number of allylic oxidation sites excluding steroid dienone is 1. The summed E-state index contributed by atoms with van der Waals surface area (Å²) in [5.74, 6) is -0.149. The van der Waals surface area contributed by atoms with E-state index in [1.54, 1.807) is 0 Å². The number of carbonyl (C=O) groups excluding carboxylic acids is 1. The Balaban J connectivity index is 2.75. The molecule has 0 aliphatic carbocycles. The summed E-state index contributed by atoms with van der Waals surface area (Å²) in [6.07, 6.45) is 4.41. The molecule has 0 heterocycles. The molecule has 1 atom stereocenters. The van der Waals surface area contributed by atoms with Gasteiger partial charge in [0.25, 0.3) is 0 Å². The summed E-state index contributed by atoms with van der Waals surface area (Å²) < 4.78 is 5.03. The van der Waals surface area contributed by atoms with Gasteiger partial charge in [-0.25, -0.2) is 0 Å². The van der Waals surface area contributed by atoms with E-state index in [-0.39, 0.29) is 12.0 Å². The fourth-order valence-electron chi connectivity index (χ4n) is 2.28. The van der Waals surface area contributed by atoms with Crippen LogP contribution in [0.15, 0.2) is 54.6 Å². The SMILES string of the molecule is C=C(/C=C\C)C(C)N(CCC(=O)OCC)Cc1ccccc1. The first-order chi connectivity index (χ1) is 10.6. The highest BCUT2D eigenvalue weighted by molar-refractivity contribution is 5.69. The molecule has 120 valence electrons. The smallest absolute Gasteiger partial charge is 0.307 e. The minimum absolute atomic E-state index is 0.149. The molecule has 0 saturated carbocycles. The Morgan fingerprint density at radius 1 is 1.36 bits per heavy atom. The van der Waals surface area contributed by atoms with Gasteiger partial charge in [-0.3, -0.25) is 9.69 Å². The van der Waals surface area contributed by atoms with Gasteiger partial charge in [-0.1, -0.05) is 49.1 Å². The van der Waals surface area contributed by atoms with Crippen LogP contribution in [0.5, 0.6) is 0 Å². The van der Waals surface area contributed by atoms with Gasteiger partial charge in [0.1, 0.15) is 0 Å². The summed E-state index contributed by atoms with van der Waals surface area (Å²) in [6, 6.07) is 10.4. The molecule has 0 aromatic heterocycles. The van der Waals surface area contributed by atoms with Crippen LogP contribution in [-0.2, 0) is 16.1 Å². The zero-order chi connectivity index (χ0) is 16.4. The van der Waals surface area contributed by atoms with Gasteiger partial charge < -0.3 is 4.74 Å². The van der Waals surface area contributed by atoms with Gasteiger partial charge in [0.2, 0.25) is 0 Å². The maximum Gasteiger partial charge on any atom is 0.307 e. The van der Waals surface area contributed by atoms with Crippen LogP contribution in [0, 0.1) is 0 Å². The summed E-state index contributed by atoms with van der Waals surface area (Å²) in [5, 5.41) is 0. The second-order valence-electron chi connectivity index (χ2n) is 5.26. The van der Waals surface area contributed by atoms with Crippen LogP contribution in [-0.4, -0.2) is 30.1 Å². The molecule has 0 fully saturated rings. The molecule has 0 radical (unpaired) electrons. The Bertz CT molecular complexity index is 493. The van der Waals surface area contributed by atoms with E-state index in [9.17, 15) is 4.79 Å². The van der Waals surface area contributed by atoms with Crippen molar-refractivity contribution in [2.24, 2.45) is 0 Å². The lowest BCUT2D eigenvalue weighted by atomic mass is 10.1. The minimum Gasteiger partial charge on any atom is -0.466 e. The van der Waals surface area contributed by atoms with Gasteiger partial charge in [0.15, 0.2) is 0 Å². The largest absolute Gasteiger partial charge is 0.466 e. The lowest BCUT2D eigenvalue weighted by molar-refractivity contribution is -0.143. The minimum atomic E-state index is -0.149. The third-order valence-corrected chi connectivity index (χ3v) is 3.60. The van der Waals surface area contributed by atoms with Gasteiger partial charge in [0, 0.05) is 19.1 Å². The van der Waals surface area contributed by atoms with Gasteiger partial charge in [-0.15, -0.1) is 0 Å². The standard InChI is InChI=1S/C19H27NO2/c1-5-10-16(3)17(4)20(14-13-19(21)22-6-2)15-18-11-8-7-9-12-18/h5,7-12,17H,3,6,13-15H2,1-2,4H3/b10-5-. The number of rotatable bonds is 9. The molecule has 0 amide bonds. The van der Waals surface area contributed by atoms with E-state index in [2.05, 4.69) is 30.5 Å². The first-order valence-corrected chi connectivity index (χ1v) is 7.83. The molecule has 3 nitrogen and oxygen atoms in total. The highest BCUT2D eigenvalue weighted by atomic mass is 16.5. The summed E-state index contributed by atoms with van der Waals surface area (Å²) in [5.41, 5.74) is 2.27. The number of benzene rings is 1. The average Bonchev–Trinajstić information content (AvgIpc) is 2.52. The van der Waals surface area contributed by atoms with Gasteiger partial charge in [0.05, 0.1) is 13.0 Å². The van der Waals surface area contributed by atoms with Crippen molar-refractivity contribution < 1.29 is 9.53 Å². The average molecular weight is 301 g/mol. The quantitative estimate of drug-likeness (QED) is 0.511. The zero-order valence-corrected chi connectivity index (χ0v) is 13.9. The van der Waals surface area contributed by atoms with Crippen LogP contribution in [0.4, 0.5) is 0 Å². The zero-order valence-electron chi connectivity index (χ0n) is 13.9. The molecular formula is C19H27NO2. The van der Waals surface area contributed by atoms with Crippen molar-refractivity contribution in [3.8, 4) is 0 Å². The van der Waals surface area contributed by atoms with Crippen LogP contribution in [0.3, 0.4) is 0 Å². The third-order valence-electron chi connectivity index (χ3n) is 3.60. The molecule has 0 N–H and O–H groups in total. The molecular weight excluding hydrogens is 274 g/mol. The Kier molecular flexibility index (Phi) is 8.23. The van der Waals surface area contributed by atoms with Crippen LogP contribution in [0.1, 0.15) is 32.8 Å². The third kappa shape index (κ3) is 6.27. The van der Waals surface area contributed by atoms with Crippen LogP contribution in [0.2, 0.25) is 0 Å². The van der Waals surface area contributed by atoms with Crippen molar-refractivity contribution in [3.63, 3.8) is 0 Å². The summed E-state index contributed by atoms with van der Waals surface area (Å²) in [6.45, 7) is 11.9. The molecule has 1 aromatic carbocycles. The van der Waals surface area contributed by atoms with E-state index in [0.29, 0.717) is 19.6 Å². The molecule has 1 aromatic rings. The first-order valence-electron chi connectivity index (χ1n) is 7.83. The molecule has 0 aliphatic rings. The van der Waals surface area contributed by atoms with E-state index in [1.165, 1.54) is 5.56 Å². The topological polar surface area (TPSA) is 29.5 Å². The molecule has 0 spiro atoms. The summed E-state index contributed by atoms with van der Waals surface area (Å²) >= 11 is 0. The number of hydrogen-bond acceptors (Lipinski definition) is 3. The summed E-state index contributed by atoms with van der Waals surface area (Å²) in [4.78, 5) is 13.9. The highest BCUT2D eigenvalue weighted by Crippen LogP contribution is 2.15. The maximum atomic E-state index is 11.6. The van der Waals surface area contributed by atoms with Crippen LogP contribution >= 0.6 is 0 Å². The van der Waals surface area contributed by atoms with E-state index < -0.39 is 0 Å². The Labute approximate surface area is 134 Å². The fraction of sp³-hybridized carbons (Fsp3) is 0.421. The monoisotopic (exact) mass is 301 g/mol. The second kappa shape index (κ2) is 9.96. The Morgan fingerprint density at radius 2 is 2.05 bits per heavy atom. The van der Waals surface area contributed by atoms with Gasteiger partial charge >= 0.3 is 5.97 Å². The molecule has 0 bridgehead atoms. The van der Waals surface area contributed by atoms with Crippen molar-refractivity contribution in [1.29, 1.82) is 0 Å². The van der Waals surface area contributed by atoms with Crippen molar-refractivity contribution in [2.75, 3.05) is 13.2 Å². The normalized spacial score (nSPS) is 12.5. The number of carbonyl (C=O) groups is 1. The lowest BCUT2D eigenvalue weighted by Crippen LogP contribution is -2.35. The second-order valence-corrected chi connectivity index (χ2v) is 5.26. The van der Waals surface area contributed by atoms with Gasteiger partial charge in [-0.05, 0) is 31.9 Å².